The van der Waals surface area contributed by atoms with E-state index in [1.165, 1.54) is 0 Å². The summed E-state index contributed by atoms with van der Waals surface area (Å²) < 4.78 is 31.0. The summed E-state index contributed by atoms with van der Waals surface area (Å²) in [6.07, 6.45) is 0. The summed E-state index contributed by atoms with van der Waals surface area (Å²) in [4.78, 5) is 11.7. The molecular formula is C14H9Cl2F2NO2. The Morgan fingerprint density at radius 3 is 2.67 bits per heavy atom. The summed E-state index contributed by atoms with van der Waals surface area (Å²) in [5.74, 6) is -2.38. The first-order valence-corrected chi connectivity index (χ1v) is 6.54. The lowest BCUT2D eigenvalue weighted by atomic mass is 10.3. The number of carbonyl (C=O) groups excluding carboxylic acids is 1. The van der Waals surface area contributed by atoms with Crippen LogP contribution in [0.4, 0.5) is 14.5 Å². The second kappa shape index (κ2) is 6.74. The molecule has 0 aliphatic carbocycles. The minimum absolute atomic E-state index is 0.195. The average Bonchev–Trinajstić information content (AvgIpc) is 2.43. The molecule has 3 nitrogen and oxygen atoms in total. The van der Waals surface area contributed by atoms with Gasteiger partial charge in [0, 0.05) is 6.07 Å². The van der Waals surface area contributed by atoms with Crippen LogP contribution in [0.25, 0.3) is 0 Å². The third kappa shape index (κ3) is 4.06. The molecule has 0 radical (unpaired) electrons. The van der Waals surface area contributed by atoms with Crippen LogP contribution >= 0.6 is 23.2 Å². The quantitative estimate of drug-likeness (QED) is 0.907. The van der Waals surface area contributed by atoms with E-state index in [4.69, 9.17) is 27.9 Å². The molecule has 0 unspecified atom stereocenters. The lowest BCUT2D eigenvalue weighted by molar-refractivity contribution is -0.118. The predicted octanol–water partition coefficient (Wildman–Crippen LogP) is 4.29. The van der Waals surface area contributed by atoms with Gasteiger partial charge in [0.1, 0.15) is 5.82 Å². The van der Waals surface area contributed by atoms with Crippen LogP contribution in [0.1, 0.15) is 0 Å². The van der Waals surface area contributed by atoms with Gasteiger partial charge >= 0.3 is 0 Å². The van der Waals surface area contributed by atoms with Gasteiger partial charge in [-0.05, 0) is 24.3 Å². The summed E-state index contributed by atoms with van der Waals surface area (Å²) >= 11 is 11.7. The second-order valence-corrected chi connectivity index (χ2v) is 4.80. The second-order valence-electron chi connectivity index (χ2n) is 4.01. The zero-order valence-corrected chi connectivity index (χ0v) is 12.0. The summed E-state index contributed by atoms with van der Waals surface area (Å²) in [5, 5.41) is 2.96. The van der Waals surface area contributed by atoms with E-state index in [1.54, 1.807) is 18.2 Å². The Morgan fingerprint density at radius 1 is 1.19 bits per heavy atom. The van der Waals surface area contributed by atoms with Gasteiger partial charge in [0.05, 0.1) is 15.7 Å². The molecule has 0 heterocycles. The Morgan fingerprint density at radius 2 is 1.95 bits per heavy atom. The van der Waals surface area contributed by atoms with Crippen LogP contribution in [0.3, 0.4) is 0 Å². The summed E-state index contributed by atoms with van der Waals surface area (Å²) in [7, 11) is 0. The van der Waals surface area contributed by atoms with Crippen molar-refractivity contribution >= 4 is 34.8 Å². The van der Waals surface area contributed by atoms with Crippen LogP contribution in [-0.2, 0) is 4.79 Å². The maximum absolute atomic E-state index is 13.3. The van der Waals surface area contributed by atoms with E-state index < -0.39 is 24.1 Å². The Kier molecular flexibility index (Phi) is 4.98. The number of rotatable bonds is 4. The molecule has 0 spiro atoms. The normalized spacial score (nSPS) is 10.3. The molecule has 2 aromatic rings. The van der Waals surface area contributed by atoms with Crippen molar-refractivity contribution in [2.75, 3.05) is 11.9 Å². The lowest BCUT2D eigenvalue weighted by Gasteiger charge is -2.10. The van der Waals surface area contributed by atoms with Crippen molar-refractivity contribution in [2.24, 2.45) is 0 Å². The number of hydrogen-bond acceptors (Lipinski definition) is 2. The van der Waals surface area contributed by atoms with Crippen molar-refractivity contribution in [1.82, 2.24) is 0 Å². The van der Waals surface area contributed by atoms with E-state index in [1.807, 2.05) is 0 Å². The first kappa shape index (κ1) is 15.5. The van der Waals surface area contributed by atoms with E-state index in [-0.39, 0.29) is 10.8 Å². The Bertz CT molecular complexity index is 680. The number of hydrogen-bond donors (Lipinski definition) is 1. The van der Waals surface area contributed by atoms with Gasteiger partial charge in [0.2, 0.25) is 0 Å². The van der Waals surface area contributed by atoms with Crippen molar-refractivity contribution < 1.29 is 18.3 Å². The number of carbonyl (C=O) groups is 1. The van der Waals surface area contributed by atoms with Crippen LogP contribution in [0.5, 0.6) is 5.75 Å². The van der Waals surface area contributed by atoms with Gasteiger partial charge in [-0.3, -0.25) is 4.79 Å². The van der Waals surface area contributed by atoms with Gasteiger partial charge in [0.15, 0.2) is 18.2 Å². The minimum atomic E-state index is -0.886. The summed E-state index contributed by atoms with van der Waals surface area (Å²) in [6.45, 7) is -0.453. The SMILES string of the molecule is O=C(COc1ccc(F)cc1F)Nc1cccc(Cl)c1Cl. The van der Waals surface area contributed by atoms with Gasteiger partial charge < -0.3 is 10.1 Å². The third-order valence-electron chi connectivity index (χ3n) is 2.48. The number of benzene rings is 2. The highest BCUT2D eigenvalue weighted by molar-refractivity contribution is 6.43. The van der Waals surface area contributed by atoms with Gasteiger partial charge in [-0.15, -0.1) is 0 Å². The number of anilines is 1. The fraction of sp³-hybridized carbons (Fsp3) is 0.0714. The fourth-order valence-corrected chi connectivity index (χ4v) is 1.87. The number of nitrogens with one attached hydrogen (secondary N) is 1. The molecule has 0 aromatic heterocycles. The molecule has 0 fully saturated rings. The first-order valence-electron chi connectivity index (χ1n) is 5.79. The largest absolute Gasteiger partial charge is 0.481 e. The molecule has 0 aliphatic rings. The Labute approximate surface area is 129 Å². The van der Waals surface area contributed by atoms with Crippen LogP contribution < -0.4 is 10.1 Å². The molecule has 0 atom stereocenters. The fourth-order valence-electron chi connectivity index (χ4n) is 1.52. The van der Waals surface area contributed by atoms with Crippen molar-refractivity contribution in [1.29, 1.82) is 0 Å². The predicted molar refractivity (Wildman–Crippen MR) is 76.9 cm³/mol. The zero-order chi connectivity index (χ0) is 15.4. The molecule has 1 amide bonds. The molecule has 2 aromatic carbocycles. The van der Waals surface area contributed by atoms with Crippen molar-refractivity contribution in [3.05, 3.63) is 58.1 Å². The molecule has 0 bridgehead atoms. The Hall–Kier alpha value is -1.85. The number of ether oxygens (including phenoxy) is 1. The van der Waals surface area contributed by atoms with Gasteiger partial charge in [-0.25, -0.2) is 8.78 Å². The monoisotopic (exact) mass is 331 g/mol. The molecule has 1 N–H and O–H groups in total. The van der Waals surface area contributed by atoms with E-state index in [2.05, 4.69) is 5.32 Å². The summed E-state index contributed by atoms with van der Waals surface area (Å²) in [5.41, 5.74) is 0.317. The molecule has 0 aliphatic heterocycles. The first-order chi connectivity index (χ1) is 9.97. The minimum Gasteiger partial charge on any atom is -0.481 e. The van der Waals surface area contributed by atoms with Crippen LogP contribution in [0, 0.1) is 11.6 Å². The number of halogens is 4. The molecule has 0 saturated carbocycles. The third-order valence-corrected chi connectivity index (χ3v) is 3.30. The van der Waals surface area contributed by atoms with Crippen LogP contribution in [0.2, 0.25) is 10.0 Å². The topological polar surface area (TPSA) is 38.3 Å². The smallest absolute Gasteiger partial charge is 0.262 e. The molecule has 2 rings (SSSR count). The van der Waals surface area contributed by atoms with Crippen molar-refractivity contribution in [2.45, 2.75) is 0 Å². The van der Waals surface area contributed by atoms with E-state index in [0.717, 1.165) is 12.1 Å². The average molecular weight is 332 g/mol. The maximum atomic E-state index is 13.3. The standard InChI is InChI=1S/C14H9Cl2F2NO2/c15-9-2-1-3-11(14(9)16)19-13(20)7-21-12-5-4-8(17)6-10(12)18/h1-6H,7H2,(H,19,20). The van der Waals surface area contributed by atoms with Crippen molar-refractivity contribution in [3.8, 4) is 5.75 Å². The molecule has 7 heteroatoms. The molecule has 0 saturated heterocycles. The lowest BCUT2D eigenvalue weighted by Crippen LogP contribution is -2.20. The highest BCUT2D eigenvalue weighted by Crippen LogP contribution is 2.29. The van der Waals surface area contributed by atoms with E-state index in [0.29, 0.717) is 16.8 Å². The maximum Gasteiger partial charge on any atom is 0.262 e. The molecular weight excluding hydrogens is 323 g/mol. The molecule has 21 heavy (non-hydrogen) atoms. The van der Waals surface area contributed by atoms with E-state index >= 15 is 0 Å². The van der Waals surface area contributed by atoms with Crippen LogP contribution in [-0.4, -0.2) is 12.5 Å². The zero-order valence-electron chi connectivity index (χ0n) is 10.5. The molecule has 110 valence electrons. The van der Waals surface area contributed by atoms with Gasteiger partial charge in [0.25, 0.3) is 5.91 Å². The highest BCUT2D eigenvalue weighted by Gasteiger charge is 2.11. The highest BCUT2D eigenvalue weighted by atomic mass is 35.5. The van der Waals surface area contributed by atoms with Crippen molar-refractivity contribution in [3.63, 3.8) is 0 Å². The number of amides is 1. The Balaban J connectivity index is 1.97. The van der Waals surface area contributed by atoms with Gasteiger partial charge in [-0.1, -0.05) is 29.3 Å². The summed E-state index contributed by atoms with van der Waals surface area (Å²) in [6, 6.07) is 7.55. The van der Waals surface area contributed by atoms with E-state index in [9.17, 15) is 13.6 Å². The van der Waals surface area contributed by atoms with Crippen LogP contribution in [0.15, 0.2) is 36.4 Å². The van der Waals surface area contributed by atoms with Gasteiger partial charge in [-0.2, -0.15) is 0 Å².